The second-order valence-electron chi connectivity index (χ2n) is 4.97. The Morgan fingerprint density at radius 1 is 1.38 bits per heavy atom. The molecule has 3 N–H and O–H groups in total. The zero-order valence-corrected chi connectivity index (χ0v) is 9.22. The molecule has 1 rings (SSSR count). The average molecular weight is 184 g/mol. The highest BCUT2D eigenvalue weighted by atomic mass is 15.2. The van der Waals surface area contributed by atoms with Crippen LogP contribution < -0.4 is 11.3 Å². The Kier molecular flexibility index (Phi) is 4.20. The molecule has 0 amide bonds. The molecule has 0 heterocycles. The molecular formula is C11H24N2. The molecule has 0 radical (unpaired) electrons. The first-order chi connectivity index (χ1) is 6.15. The van der Waals surface area contributed by atoms with Crippen LogP contribution in [0.2, 0.25) is 0 Å². The molecule has 0 bridgehead atoms. The smallest absolute Gasteiger partial charge is 0.0241 e. The predicted octanol–water partition coefficient (Wildman–Crippen LogP) is 2.30. The maximum absolute atomic E-state index is 5.54. The fourth-order valence-corrected chi connectivity index (χ4v) is 2.08. The van der Waals surface area contributed by atoms with Gasteiger partial charge in [0.25, 0.3) is 0 Å². The molecule has 0 saturated heterocycles. The topological polar surface area (TPSA) is 38.0 Å². The van der Waals surface area contributed by atoms with Crippen molar-refractivity contribution in [2.75, 3.05) is 0 Å². The van der Waals surface area contributed by atoms with E-state index in [4.69, 9.17) is 5.84 Å². The lowest BCUT2D eigenvalue weighted by Gasteiger charge is -2.15. The Labute approximate surface area is 82.2 Å². The first-order valence-corrected chi connectivity index (χ1v) is 5.61. The maximum Gasteiger partial charge on any atom is 0.0241 e. The van der Waals surface area contributed by atoms with Crippen molar-refractivity contribution in [3.8, 4) is 0 Å². The van der Waals surface area contributed by atoms with Gasteiger partial charge in [0.1, 0.15) is 0 Å². The van der Waals surface area contributed by atoms with E-state index >= 15 is 0 Å². The molecule has 0 spiro atoms. The monoisotopic (exact) mass is 184 g/mol. The minimum atomic E-state index is 0.578. The molecule has 1 saturated carbocycles. The number of nitrogens with one attached hydrogen (secondary N) is 1. The molecule has 78 valence electrons. The van der Waals surface area contributed by atoms with E-state index in [0.717, 1.165) is 17.8 Å². The van der Waals surface area contributed by atoms with Crippen molar-refractivity contribution in [3.05, 3.63) is 0 Å². The molecular weight excluding hydrogens is 160 g/mol. The molecule has 13 heavy (non-hydrogen) atoms. The van der Waals surface area contributed by atoms with Gasteiger partial charge < -0.3 is 0 Å². The van der Waals surface area contributed by atoms with Crippen LogP contribution >= 0.6 is 0 Å². The van der Waals surface area contributed by atoms with E-state index in [0.29, 0.717) is 6.04 Å². The summed E-state index contributed by atoms with van der Waals surface area (Å²) in [6.45, 7) is 6.88. The van der Waals surface area contributed by atoms with Crippen molar-refractivity contribution < 1.29 is 0 Å². The third-order valence-corrected chi connectivity index (χ3v) is 3.20. The normalized spacial score (nSPS) is 29.3. The molecule has 0 aromatic carbocycles. The van der Waals surface area contributed by atoms with E-state index in [2.05, 4.69) is 26.2 Å². The summed E-state index contributed by atoms with van der Waals surface area (Å²) in [5.74, 6) is 8.13. The third-order valence-electron chi connectivity index (χ3n) is 3.20. The van der Waals surface area contributed by atoms with Crippen molar-refractivity contribution in [2.24, 2.45) is 23.6 Å². The van der Waals surface area contributed by atoms with Crippen molar-refractivity contribution >= 4 is 0 Å². The van der Waals surface area contributed by atoms with Crippen LogP contribution in [-0.4, -0.2) is 6.04 Å². The van der Waals surface area contributed by atoms with Gasteiger partial charge >= 0.3 is 0 Å². The van der Waals surface area contributed by atoms with E-state index < -0.39 is 0 Å². The first-order valence-electron chi connectivity index (χ1n) is 5.61. The number of rotatable bonds is 6. The molecule has 2 heteroatoms. The number of hydrazine groups is 1. The fraction of sp³-hybridized carbons (Fsp3) is 1.00. The van der Waals surface area contributed by atoms with Crippen LogP contribution in [-0.2, 0) is 0 Å². The Balaban J connectivity index is 2.10. The highest BCUT2D eigenvalue weighted by Crippen LogP contribution is 2.41. The molecule has 0 aliphatic heterocycles. The summed E-state index contributed by atoms with van der Waals surface area (Å²) >= 11 is 0. The van der Waals surface area contributed by atoms with Gasteiger partial charge in [-0.3, -0.25) is 11.3 Å². The van der Waals surface area contributed by atoms with E-state index in [1.54, 1.807) is 0 Å². The van der Waals surface area contributed by atoms with Gasteiger partial charge in [-0.1, -0.05) is 33.6 Å². The summed E-state index contributed by atoms with van der Waals surface area (Å²) in [4.78, 5) is 0. The summed E-state index contributed by atoms with van der Waals surface area (Å²) in [6, 6.07) is 0.578. The van der Waals surface area contributed by atoms with Crippen molar-refractivity contribution in [3.63, 3.8) is 0 Å². The van der Waals surface area contributed by atoms with Gasteiger partial charge in [-0.2, -0.15) is 0 Å². The maximum atomic E-state index is 5.54. The van der Waals surface area contributed by atoms with Crippen LogP contribution in [0.25, 0.3) is 0 Å². The highest BCUT2D eigenvalue weighted by Gasteiger charge is 2.38. The largest absolute Gasteiger partial charge is 0.271 e. The Morgan fingerprint density at radius 3 is 2.38 bits per heavy atom. The molecule has 0 aromatic heterocycles. The second kappa shape index (κ2) is 4.97. The number of hydrogen-bond donors (Lipinski definition) is 2. The van der Waals surface area contributed by atoms with Crippen LogP contribution in [0.15, 0.2) is 0 Å². The van der Waals surface area contributed by atoms with Gasteiger partial charge in [0.15, 0.2) is 0 Å². The van der Waals surface area contributed by atoms with Gasteiger partial charge in [0.2, 0.25) is 0 Å². The molecule has 1 aliphatic rings. The van der Waals surface area contributed by atoms with Crippen molar-refractivity contribution in [1.29, 1.82) is 0 Å². The van der Waals surface area contributed by atoms with E-state index in [9.17, 15) is 0 Å². The summed E-state index contributed by atoms with van der Waals surface area (Å²) in [7, 11) is 0. The van der Waals surface area contributed by atoms with Crippen LogP contribution in [0, 0.1) is 17.8 Å². The SMILES string of the molecule is CC(C)CCCC(NN)C1CC1C. The van der Waals surface area contributed by atoms with Gasteiger partial charge in [-0.05, 0) is 30.6 Å². The third kappa shape index (κ3) is 3.65. The van der Waals surface area contributed by atoms with Crippen molar-refractivity contribution in [1.82, 2.24) is 5.43 Å². The summed E-state index contributed by atoms with van der Waals surface area (Å²) in [6.07, 6.45) is 5.27. The summed E-state index contributed by atoms with van der Waals surface area (Å²) in [5.41, 5.74) is 2.97. The standard InChI is InChI=1S/C11H24N2/c1-8(2)5-4-6-11(13-12)10-7-9(10)3/h8-11,13H,4-7,12H2,1-3H3. The second-order valence-corrected chi connectivity index (χ2v) is 4.97. The fourth-order valence-electron chi connectivity index (χ4n) is 2.08. The van der Waals surface area contributed by atoms with E-state index in [1.165, 1.54) is 25.7 Å². The molecule has 2 nitrogen and oxygen atoms in total. The van der Waals surface area contributed by atoms with Crippen molar-refractivity contribution in [2.45, 2.75) is 52.5 Å². The molecule has 1 fully saturated rings. The van der Waals surface area contributed by atoms with Crippen LogP contribution in [0.3, 0.4) is 0 Å². The number of hydrogen-bond acceptors (Lipinski definition) is 2. The highest BCUT2D eigenvalue weighted by molar-refractivity contribution is 4.91. The van der Waals surface area contributed by atoms with Gasteiger partial charge in [0.05, 0.1) is 0 Å². The number of nitrogens with two attached hydrogens (primary N) is 1. The summed E-state index contributed by atoms with van der Waals surface area (Å²) in [5, 5.41) is 0. The van der Waals surface area contributed by atoms with Gasteiger partial charge in [-0.25, -0.2) is 0 Å². The first kappa shape index (κ1) is 11.0. The molecule has 1 aliphatic carbocycles. The zero-order valence-electron chi connectivity index (χ0n) is 9.22. The molecule has 3 atom stereocenters. The predicted molar refractivity (Wildman–Crippen MR) is 57.1 cm³/mol. The zero-order chi connectivity index (χ0) is 9.84. The quantitative estimate of drug-likeness (QED) is 0.491. The van der Waals surface area contributed by atoms with E-state index in [-0.39, 0.29) is 0 Å². The van der Waals surface area contributed by atoms with Gasteiger partial charge in [0, 0.05) is 6.04 Å². The molecule has 3 unspecified atom stereocenters. The Morgan fingerprint density at radius 2 is 2.00 bits per heavy atom. The Hall–Kier alpha value is -0.0800. The average Bonchev–Trinajstić information content (AvgIpc) is 2.76. The minimum Gasteiger partial charge on any atom is -0.271 e. The summed E-state index contributed by atoms with van der Waals surface area (Å²) < 4.78 is 0. The minimum absolute atomic E-state index is 0.578. The lowest BCUT2D eigenvalue weighted by atomic mass is 10.0. The van der Waals surface area contributed by atoms with Crippen LogP contribution in [0.4, 0.5) is 0 Å². The van der Waals surface area contributed by atoms with Crippen LogP contribution in [0.5, 0.6) is 0 Å². The van der Waals surface area contributed by atoms with Gasteiger partial charge in [-0.15, -0.1) is 0 Å². The van der Waals surface area contributed by atoms with E-state index in [1.807, 2.05) is 0 Å². The lowest BCUT2D eigenvalue weighted by Crippen LogP contribution is -2.37. The lowest BCUT2D eigenvalue weighted by molar-refractivity contribution is 0.398. The van der Waals surface area contributed by atoms with Crippen LogP contribution in [0.1, 0.15) is 46.5 Å². The Bertz CT molecular complexity index is 145. The molecule has 0 aromatic rings.